The summed E-state index contributed by atoms with van der Waals surface area (Å²) < 4.78 is 5.30. The Labute approximate surface area is 138 Å². The first-order valence-electron chi connectivity index (χ1n) is 8.71. The van der Waals surface area contributed by atoms with E-state index in [2.05, 4.69) is 15.1 Å². The van der Waals surface area contributed by atoms with Crippen molar-refractivity contribution in [3.05, 3.63) is 0 Å². The first-order valence-corrected chi connectivity index (χ1v) is 8.71. The summed E-state index contributed by atoms with van der Waals surface area (Å²) in [4.78, 5) is 30.6. The molecule has 0 aromatic carbocycles. The summed E-state index contributed by atoms with van der Waals surface area (Å²) in [6, 6.07) is -0.0934. The molecule has 2 aliphatic rings. The third-order valence-electron chi connectivity index (χ3n) is 4.57. The largest absolute Gasteiger partial charge is 0.378 e. The molecule has 0 bridgehead atoms. The normalized spacial score (nSPS) is 21.9. The first-order chi connectivity index (χ1) is 11.1. The van der Waals surface area contributed by atoms with Crippen LogP contribution in [0.3, 0.4) is 0 Å². The minimum atomic E-state index is -0.0934. The fraction of sp³-hybridized carbons (Fsp3) is 0.875. The van der Waals surface area contributed by atoms with E-state index in [1.54, 1.807) is 0 Å². The zero-order valence-corrected chi connectivity index (χ0v) is 14.4. The van der Waals surface area contributed by atoms with Gasteiger partial charge in [-0.2, -0.15) is 0 Å². The minimum Gasteiger partial charge on any atom is -0.378 e. The molecule has 0 aromatic rings. The van der Waals surface area contributed by atoms with Crippen molar-refractivity contribution in [1.29, 1.82) is 0 Å². The second-order valence-corrected chi connectivity index (χ2v) is 6.28. The number of ether oxygens (including phenoxy) is 1. The molecule has 0 saturated carbocycles. The summed E-state index contributed by atoms with van der Waals surface area (Å²) in [7, 11) is 0. The predicted molar refractivity (Wildman–Crippen MR) is 88.2 cm³/mol. The molecule has 2 fully saturated rings. The highest BCUT2D eigenvalue weighted by Gasteiger charge is 2.29. The van der Waals surface area contributed by atoms with Crippen molar-refractivity contribution in [3.8, 4) is 0 Å². The van der Waals surface area contributed by atoms with E-state index in [1.165, 1.54) is 0 Å². The molecule has 1 unspecified atom stereocenters. The number of rotatable bonds is 6. The molecule has 0 spiro atoms. The maximum atomic E-state index is 12.5. The Morgan fingerprint density at radius 2 is 1.74 bits per heavy atom. The lowest BCUT2D eigenvalue weighted by atomic mass is 10.2. The molecule has 2 aliphatic heterocycles. The van der Waals surface area contributed by atoms with Crippen molar-refractivity contribution in [2.24, 2.45) is 0 Å². The van der Waals surface area contributed by atoms with Crippen LogP contribution in [0.4, 0.5) is 0 Å². The highest BCUT2D eigenvalue weighted by molar-refractivity contribution is 5.81. The summed E-state index contributed by atoms with van der Waals surface area (Å²) >= 11 is 0. The molecule has 2 heterocycles. The van der Waals surface area contributed by atoms with Crippen LogP contribution in [-0.2, 0) is 14.3 Å². The van der Waals surface area contributed by atoms with Gasteiger partial charge in [-0.25, -0.2) is 0 Å². The number of hydrogen-bond acceptors (Lipinski definition) is 5. The minimum absolute atomic E-state index is 0.0934. The maximum absolute atomic E-state index is 12.5. The number of hydrogen-bond donors (Lipinski definition) is 1. The van der Waals surface area contributed by atoms with E-state index < -0.39 is 0 Å². The Balaban J connectivity index is 1.72. The molecule has 2 amide bonds. The van der Waals surface area contributed by atoms with Crippen LogP contribution in [0.1, 0.15) is 20.3 Å². The summed E-state index contributed by atoms with van der Waals surface area (Å²) in [5, 5.41) is 2.91. The second kappa shape index (κ2) is 9.20. The standard InChI is InChI=1S/C16H30N4O3/c1-3-4-17-15(21)13-18-5-7-19(8-6-18)14(2)16(22)20-9-11-23-12-10-20/h14H,3-13H2,1-2H3,(H,17,21). The highest BCUT2D eigenvalue weighted by atomic mass is 16.5. The third-order valence-corrected chi connectivity index (χ3v) is 4.57. The van der Waals surface area contributed by atoms with Gasteiger partial charge in [0.1, 0.15) is 0 Å². The first kappa shape index (κ1) is 18.2. The topological polar surface area (TPSA) is 65.1 Å². The van der Waals surface area contributed by atoms with Gasteiger partial charge < -0.3 is 15.0 Å². The molecule has 0 aromatic heterocycles. The van der Waals surface area contributed by atoms with Crippen molar-refractivity contribution in [1.82, 2.24) is 20.0 Å². The summed E-state index contributed by atoms with van der Waals surface area (Å²) in [5.41, 5.74) is 0. The van der Waals surface area contributed by atoms with Gasteiger partial charge in [-0.15, -0.1) is 0 Å². The van der Waals surface area contributed by atoms with E-state index in [9.17, 15) is 9.59 Å². The van der Waals surface area contributed by atoms with E-state index in [-0.39, 0.29) is 17.9 Å². The molecule has 2 rings (SSSR count). The van der Waals surface area contributed by atoms with Crippen LogP contribution in [0.25, 0.3) is 0 Å². The smallest absolute Gasteiger partial charge is 0.239 e. The van der Waals surface area contributed by atoms with Gasteiger partial charge >= 0.3 is 0 Å². The zero-order valence-electron chi connectivity index (χ0n) is 14.4. The molecule has 7 nitrogen and oxygen atoms in total. The molecule has 2 saturated heterocycles. The SMILES string of the molecule is CCCNC(=O)CN1CCN(C(C)C(=O)N2CCOCC2)CC1. The van der Waals surface area contributed by atoms with Crippen LogP contribution in [0.2, 0.25) is 0 Å². The second-order valence-electron chi connectivity index (χ2n) is 6.28. The van der Waals surface area contributed by atoms with E-state index in [1.807, 2.05) is 18.7 Å². The van der Waals surface area contributed by atoms with Crippen molar-refractivity contribution >= 4 is 11.8 Å². The lowest BCUT2D eigenvalue weighted by Crippen LogP contribution is -2.56. The zero-order chi connectivity index (χ0) is 16.7. The summed E-state index contributed by atoms with van der Waals surface area (Å²) in [6.07, 6.45) is 0.959. The van der Waals surface area contributed by atoms with Gasteiger partial charge in [0.05, 0.1) is 25.8 Å². The van der Waals surface area contributed by atoms with Crippen molar-refractivity contribution in [2.75, 3.05) is 65.6 Å². The molecule has 1 atom stereocenters. The van der Waals surface area contributed by atoms with E-state index in [0.717, 1.165) is 39.1 Å². The lowest BCUT2D eigenvalue weighted by molar-refractivity contribution is -0.141. The Morgan fingerprint density at radius 3 is 2.35 bits per heavy atom. The van der Waals surface area contributed by atoms with Crippen LogP contribution in [-0.4, -0.2) is 98.1 Å². The van der Waals surface area contributed by atoms with Gasteiger partial charge in [-0.05, 0) is 13.3 Å². The lowest BCUT2D eigenvalue weighted by Gasteiger charge is -2.39. The number of carbonyl (C=O) groups is 2. The van der Waals surface area contributed by atoms with E-state index in [4.69, 9.17) is 4.74 Å². The number of morpholine rings is 1. The molecule has 23 heavy (non-hydrogen) atoms. The van der Waals surface area contributed by atoms with Crippen LogP contribution >= 0.6 is 0 Å². The fourth-order valence-corrected chi connectivity index (χ4v) is 3.04. The van der Waals surface area contributed by atoms with Gasteiger partial charge in [0.25, 0.3) is 0 Å². The molecule has 0 radical (unpaired) electrons. The van der Waals surface area contributed by atoms with Crippen molar-refractivity contribution < 1.29 is 14.3 Å². The molecule has 7 heteroatoms. The van der Waals surface area contributed by atoms with Crippen molar-refractivity contribution in [3.63, 3.8) is 0 Å². The Kier molecular flexibility index (Phi) is 7.26. The third kappa shape index (κ3) is 5.44. The number of carbonyl (C=O) groups excluding carboxylic acids is 2. The molecule has 132 valence electrons. The van der Waals surface area contributed by atoms with E-state index in [0.29, 0.717) is 32.8 Å². The molecular formula is C16H30N4O3. The van der Waals surface area contributed by atoms with Crippen LogP contribution in [0, 0.1) is 0 Å². The number of nitrogens with zero attached hydrogens (tertiary/aromatic N) is 3. The maximum Gasteiger partial charge on any atom is 0.239 e. The average Bonchev–Trinajstić information content (AvgIpc) is 2.60. The summed E-state index contributed by atoms with van der Waals surface area (Å²) in [5.74, 6) is 0.292. The van der Waals surface area contributed by atoms with Crippen LogP contribution < -0.4 is 5.32 Å². The number of amides is 2. The fourth-order valence-electron chi connectivity index (χ4n) is 3.04. The predicted octanol–water partition coefficient (Wildman–Crippen LogP) is -0.622. The quantitative estimate of drug-likeness (QED) is 0.705. The van der Waals surface area contributed by atoms with Crippen LogP contribution in [0.5, 0.6) is 0 Å². The van der Waals surface area contributed by atoms with Crippen LogP contribution in [0.15, 0.2) is 0 Å². The van der Waals surface area contributed by atoms with Crippen molar-refractivity contribution in [2.45, 2.75) is 26.3 Å². The van der Waals surface area contributed by atoms with E-state index >= 15 is 0 Å². The molecule has 1 N–H and O–H groups in total. The Hall–Kier alpha value is -1.18. The molecular weight excluding hydrogens is 296 g/mol. The van der Waals surface area contributed by atoms with Gasteiger partial charge in [0.15, 0.2) is 0 Å². The van der Waals surface area contributed by atoms with Gasteiger partial charge in [-0.1, -0.05) is 6.92 Å². The van der Waals surface area contributed by atoms with Gasteiger partial charge in [0, 0.05) is 45.8 Å². The number of nitrogens with one attached hydrogen (secondary N) is 1. The van der Waals surface area contributed by atoms with Gasteiger partial charge in [0.2, 0.25) is 11.8 Å². The Bertz CT molecular complexity index is 391. The van der Waals surface area contributed by atoms with Gasteiger partial charge in [-0.3, -0.25) is 19.4 Å². The number of piperazine rings is 1. The monoisotopic (exact) mass is 326 g/mol. The highest BCUT2D eigenvalue weighted by Crippen LogP contribution is 2.10. The molecule has 0 aliphatic carbocycles. The average molecular weight is 326 g/mol. The Morgan fingerprint density at radius 1 is 1.09 bits per heavy atom. The summed E-state index contributed by atoms with van der Waals surface area (Å²) in [6.45, 7) is 11.2.